The van der Waals surface area contributed by atoms with Crippen molar-refractivity contribution in [2.24, 2.45) is 7.05 Å². The smallest absolute Gasteiger partial charge is 0.416 e. The van der Waals surface area contributed by atoms with E-state index in [2.05, 4.69) is 30.5 Å². The molecule has 1 aromatic carbocycles. The highest BCUT2D eigenvalue weighted by Gasteiger charge is 2.46. The number of nitrogens with one attached hydrogen (secondary N) is 1. The van der Waals surface area contributed by atoms with Crippen LogP contribution < -0.4 is 10.9 Å². The fraction of sp³-hybridized carbons (Fsp3) is 0.355. The third-order valence-corrected chi connectivity index (χ3v) is 9.24. The lowest BCUT2D eigenvalue weighted by atomic mass is 9.81. The number of benzene rings is 1. The lowest BCUT2D eigenvalue weighted by Gasteiger charge is -2.44. The van der Waals surface area contributed by atoms with Crippen molar-refractivity contribution in [3.63, 3.8) is 0 Å². The zero-order valence-electron chi connectivity index (χ0n) is 26.5. The second kappa shape index (κ2) is 12.2. The van der Waals surface area contributed by atoms with Crippen LogP contribution in [-0.2, 0) is 41.3 Å². The van der Waals surface area contributed by atoms with Crippen molar-refractivity contribution in [2.45, 2.75) is 44.5 Å². The fourth-order valence-electron chi connectivity index (χ4n) is 6.42. The Bertz CT molecular complexity index is 2240. The summed E-state index contributed by atoms with van der Waals surface area (Å²) < 4.78 is 50.1. The van der Waals surface area contributed by atoms with Crippen LogP contribution in [0.1, 0.15) is 45.8 Å². The average Bonchev–Trinajstić information content (AvgIpc) is 3.72. The van der Waals surface area contributed by atoms with E-state index in [1.807, 2.05) is 0 Å². The molecule has 0 unspecified atom stereocenters. The summed E-state index contributed by atoms with van der Waals surface area (Å²) in [5.41, 5.74) is -1.30. The Kier molecular flexibility index (Phi) is 8.09. The van der Waals surface area contributed by atoms with Gasteiger partial charge in [-0.3, -0.25) is 19.1 Å². The lowest BCUT2D eigenvalue weighted by Crippen LogP contribution is -2.52. The summed E-state index contributed by atoms with van der Waals surface area (Å²) in [6.45, 7) is 1.65. The molecule has 1 spiro atoms. The van der Waals surface area contributed by atoms with Gasteiger partial charge in [0.2, 0.25) is 11.7 Å². The minimum atomic E-state index is -4.62. The van der Waals surface area contributed by atoms with Crippen LogP contribution in [-0.4, -0.2) is 80.4 Å². The summed E-state index contributed by atoms with van der Waals surface area (Å²) in [4.78, 5) is 55.1. The van der Waals surface area contributed by atoms with Crippen LogP contribution in [0.4, 0.5) is 18.9 Å². The van der Waals surface area contributed by atoms with E-state index in [0.717, 1.165) is 22.7 Å². The van der Waals surface area contributed by atoms with Gasteiger partial charge in [0.25, 0.3) is 11.5 Å². The molecule has 1 fully saturated rings. The lowest BCUT2D eigenvalue weighted by molar-refractivity contribution is -0.137. The second-order valence-corrected chi connectivity index (χ2v) is 12.5. The molecule has 5 aromatic rings. The largest absolute Gasteiger partial charge is 0.504 e. The van der Waals surface area contributed by atoms with Gasteiger partial charge in [-0.05, 0) is 38.0 Å². The van der Waals surface area contributed by atoms with Crippen LogP contribution in [0, 0.1) is 6.92 Å². The van der Waals surface area contributed by atoms with Crippen molar-refractivity contribution in [2.75, 3.05) is 25.0 Å². The predicted molar refractivity (Wildman–Crippen MR) is 169 cm³/mol. The first-order valence-corrected chi connectivity index (χ1v) is 15.8. The number of likely N-dealkylation sites (tertiary alicyclic amines) is 1. The van der Waals surface area contributed by atoms with Gasteiger partial charge < -0.3 is 24.6 Å². The zero-order chi connectivity index (χ0) is 35.5. The molecule has 0 saturated carbocycles. The number of aryl methyl sites for hydroxylation is 2. The van der Waals surface area contributed by atoms with Crippen molar-refractivity contribution in [3.8, 4) is 17.1 Å². The molecule has 15 nitrogen and oxygen atoms in total. The number of fused-ring (bicyclic) bond motifs is 3. The summed E-state index contributed by atoms with van der Waals surface area (Å²) in [6, 6.07) is 2.60. The first kappa shape index (κ1) is 33.2. The number of alkyl halides is 3. The number of aromatic nitrogens is 8. The highest BCUT2D eigenvalue weighted by Crippen LogP contribution is 2.41. The third kappa shape index (κ3) is 5.73. The minimum Gasteiger partial charge on any atom is -0.504 e. The molecule has 260 valence electrons. The number of nitrogens with zero attached hydrogens (tertiary/aromatic N) is 9. The van der Waals surface area contributed by atoms with Crippen molar-refractivity contribution < 1.29 is 32.6 Å². The number of aromatic hydroxyl groups is 1. The van der Waals surface area contributed by atoms with Crippen LogP contribution >= 0.6 is 11.6 Å². The number of halogens is 4. The van der Waals surface area contributed by atoms with E-state index in [1.54, 1.807) is 29.4 Å². The van der Waals surface area contributed by atoms with E-state index < -0.39 is 41.3 Å². The van der Waals surface area contributed by atoms with Crippen LogP contribution in [0.3, 0.4) is 0 Å². The maximum absolute atomic E-state index is 14.3. The normalized spacial score (nSPS) is 15.8. The van der Waals surface area contributed by atoms with Crippen LogP contribution in [0.2, 0.25) is 5.02 Å². The predicted octanol–water partition coefficient (Wildman–Crippen LogP) is 3.11. The minimum absolute atomic E-state index is 0.0325. The van der Waals surface area contributed by atoms with Gasteiger partial charge in [-0.15, -0.1) is 5.10 Å². The van der Waals surface area contributed by atoms with E-state index in [1.165, 1.54) is 17.4 Å². The first-order valence-electron chi connectivity index (χ1n) is 15.4. The van der Waals surface area contributed by atoms with Gasteiger partial charge in [0.15, 0.2) is 17.3 Å². The Hall–Kier alpha value is -5.36. The van der Waals surface area contributed by atoms with Crippen LogP contribution in [0.5, 0.6) is 5.75 Å². The maximum atomic E-state index is 14.3. The van der Waals surface area contributed by atoms with E-state index in [0.29, 0.717) is 11.3 Å². The molecule has 0 atom stereocenters. The van der Waals surface area contributed by atoms with Crippen molar-refractivity contribution in [1.82, 2.24) is 43.8 Å². The number of ether oxygens (including phenoxy) is 1. The van der Waals surface area contributed by atoms with Gasteiger partial charge >= 0.3 is 6.18 Å². The molecule has 2 aliphatic heterocycles. The Labute approximate surface area is 285 Å². The molecular weight excluding hydrogens is 685 g/mol. The fourth-order valence-corrected chi connectivity index (χ4v) is 6.65. The SMILES string of the molecule is Cc1ncnc(C(=O)N2CCC3(CC2)OCCc2c3c(=O)n3nc(-c4cnn(C)c4)nc3n2CC(=O)Nc2ccc(C(F)(F)F)cc2Cl)c1O. The Balaban J connectivity index is 1.27. The molecule has 0 radical (unpaired) electrons. The molecule has 2 amide bonds. The molecule has 6 heterocycles. The molecule has 2 aliphatic rings. The van der Waals surface area contributed by atoms with Crippen molar-refractivity contribution >= 4 is 34.9 Å². The van der Waals surface area contributed by atoms with E-state index in [-0.39, 0.29) is 84.0 Å². The quantitative estimate of drug-likeness (QED) is 0.276. The van der Waals surface area contributed by atoms with Gasteiger partial charge in [0.1, 0.15) is 18.5 Å². The molecule has 0 bridgehead atoms. The van der Waals surface area contributed by atoms with Gasteiger partial charge in [-0.2, -0.15) is 27.8 Å². The average molecular weight is 713 g/mol. The summed E-state index contributed by atoms with van der Waals surface area (Å²) in [6.07, 6.45) is 0.396. The molecular formula is C31H28ClF3N10O5. The Morgan fingerprint density at radius 3 is 2.62 bits per heavy atom. The first-order chi connectivity index (χ1) is 23.8. The summed E-state index contributed by atoms with van der Waals surface area (Å²) in [5.74, 6) is -1.23. The number of piperidine rings is 1. The molecule has 4 aromatic heterocycles. The molecule has 7 rings (SSSR count). The summed E-state index contributed by atoms with van der Waals surface area (Å²) >= 11 is 6.11. The van der Waals surface area contributed by atoms with Gasteiger partial charge in [-0.25, -0.2) is 9.97 Å². The van der Waals surface area contributed by atoms with Crippen molar-refractivity contribution in [1.29, 1.82) is 0 Å². The van der Waals surface area contributed by atoms with Crippen molar-refractivity contribution in [3.05, 3.63) is 80.5 Å². The number of rotatable bonds is 5. The molecule has 0 aliphatic carbocycles. The monoisotopic (exact) mass is 712 g/mol. The number of carbonyl (C=O) groups is 2. The third-order valence-electron chi connectivity index (χ3n) is 8.93. The number of hydrogen-bond acceptors (Lipinski definition) is 10. The molecule has 19 heteroatoms. The van der Waals surface area contributed by atoms with Gasteiger partial charge in [0, 0.05) is 38.4 Å². The van der Waals surface area contributed by atoms with Gasteiger partial charge in [0.05, 0.1) is 45.9 Å². The Morgan fingerprint density at radius 1 is 1.18 bits per heavy atom. The van der Waals surface area contributed by atoms with E-state index >= 15 is 0 Å². The molecule has 1 saturated heterocycles. The van der Waals surface area contributed by atoms with E-state index in [9.17, 15) is 32.7 Å². The number of hydrogen-bond donors (Lipinski definition) is 2. The van der Waals surface area contributed by atoms with E-state index in [4.69, 9.17) is 16.3 Å². The highest BCUT2D eigenvalue weighted by atomic mass is 35.5. The van der Waals surface area contributed by atoms with Gasteiger partial charge in [-0.1, -0.05) is 11.6 Å². The van der Waals surface area contributed by atoms with Crippen LogP contribution in [0.15, 0.2) is 41.7 Å². The summed E-state index contributed by atoms with van der Waals surface area (Å²) in [5, 5.41) is 21.3. The zero-order valence-corrected chi connectivity index (χ0v) is 27.3. The highest BCUT2D eigenvalue weighted by molar-refractivity contribution is 6.33. The molecule has 2 N–H and O–H groups in total. The summed E-state index contributed by atoms with van der Waals surface area (Å²) in [7, 11) is 1.71. The molecule has 50 heavy (non-hydrogen) atoms. The number of amides is 2. The number of carbonyl (C=O) groups excluding carboxylic acids is 2. The topological polar surface area (TPSA) is 175 Å². The second-order valence-electron chi connectivity index (χ2n) is 12.0. The maximum Gasteiger partial charge on any atom is 0.416 e. The Morgan fingerprint density at radius 2 is 1.94 bits per heavy atom. The standard InChI is InChI=1S/C31H28ClF3N10O5/c1-16-25(47)24(37-15-36-16)28(49)43-8-6-30(7-9-43)23-21(5-10-50-30)44(14-22(46)39-20-4-3-18(11-19(20)32)31(33,34)35)29-40-26(41-45(29)27(23)48)17-12-38-42(2)13-17/h3-4,11-13,15,47H,5-10,14H2,1-2H3,(H,39,46). The number of anilines is 1. The van der Waals surface area contributed by atoms with Crippen LogP contribution in [0.25, 0.3) is 17.2 Å².